The Morgan fingerprint density at radius 2 is 1.70 bits per heavy atom. The van der Waals surface area contributed by atoms with Crippen LogP contribution < -0.4 is 4.74 Å². The summed E-state index contributed by atoms with van der Waals surface area (Å²) >= 11 is 2.67. The van der Waals surface area contributed by atoms with Crippen LogP contribution in [0, 0.1) is 0 Å². The first-order chi connectivity index (χ1) is 8.97. The molecule has 20 heavy (non-hydrogen) atoms. The molecule has 11 heteroatoms. The molecule has 0 amide bonds. The summed E-state index contributed by atoms with van der Waals surface area (Å²) in [6, 6.07) is 0. The van der Waals surface area contributed by atoms with E-state index in [1.54, 1.807) is 0 Å². The molecule has 0 atom stereocenters. The fourth-order valence-electron chi connectivity index (χ4n) is 1.31. The topological polar surface area (TPSA) is 22.1 Å². The Bertz CT molecular complexity index is 484. The second kappa shape index (κ2) is 5.70. The predicted molar refractivity (Wildman–Crippen MR) is 53.5 cm³/mol. The van der Waals surface area contributed by atoms with Crippen molar-refractivity contribution in [3.8, 4) is 5.75 Å². The molecule has 1 aromatic rings. The van der Waals surface area contributed by atoms with E-state index < -0.39 is 46.9 Å². The maximum absolute atomic E-state index is 12.8. The Hall–Kier alpha value is -1.13. The lowest BCUT2D eigenvalue weighted by Gasteiger charge is -2.19. The van der Waals surface area contributed by atoms with Crippen molar-refractivity contribution in [2.75, 3.05) is 0 Å². The van der Waals surface area contributed by atoms with Gasteiger partial charge in [-0.3, -0.25) is 0 Å². The summed E-state index contributed by atoms with van der Waals surface area (Å²) in [5, 5.41) is -0.411. The van der Waals surface area contributed by atoms with Gasteiger partial charge in [-0.05, 0) is 5.56 Å². The first kappa shape index (κ1) is 16.9. The first-order valence-corrected chi connectivity index (χ1v) is 5.78. The molecule has 0 bridgehead atoms. The third-order valence-corrected chi connectivity index (χ3v) is 2.61. The summed E-state index contributed by atoms with van der Waals surface area (Å²) in [5.74, 6) is -2.03. The minimum atomic E-state index is -5.56. The highest BCUT2D eigenvalue weighted by Gasteiger charge is 2.43. The van der Waals surface area contributed by atoms with Crippen LogP contribution in [0.25, 0.3) is 0 Å². The zero-order valence-corrected chi connectivity index (χ0v) is 10.7. The van der Waals surface area contributed by atoms with Gasteiger partial charge in [0.05, 0.1) is 5.56 Å². The van der Waals surface area contributed by atoms with E-state index >= 15 is 0 Å². The number of halogens is 9. The largest absolute Gasteiger partial charge is 0.573 e. The highest BCUT2D eigenvalue weighted by molar-refractivity contribution is 9.08. The molecule has 1 rings (SSSR count). The number of alkyl halides is 9. The summed E-state index contributed by atoms with van der Waals surface area (Å²) in [7, 11) is 0. The molecular weight excluding hydrogens is 370 g/mol. The van der Waals surface area contributed by atoms with Crippen molar-refractivity contribution in [3.63, 3.8) is 0 Å². The van der Waals surface area contributed by atoms with Gasteiger partial charge in [0.2, 0.25) is 0 Å². The van der Waals surface area contributed by atoms with Crippen LogP contribution in [0.3, 0.4) is 0 Å². The lowest BCUT2D eigenvalue weighted by atomic mass is 10.1. The number of ether oxygens (including phenoxy) is 1. The molecule has 0 aromatic carbocycles. The van der Waals surface area contributed by atoms with Crippen molar-refractivity contribution in [1.82, 2.24) is 4.98 Å². The fourth-order valence-corrected chi connectivity index (χ4v) is 1.76. The minimum Gasteiger partial charge on any atom is -0.403 e. The van der Waals surface area contributed by atoms with E-state index in [-0.39, 0.29) is 0 Å². The van der Waals surface area contributed by atoms with E-state index in [0.717, 1.165) is 0 Å². The first-order valence-electron chi connectivity index (χ1n) is 4.66. The van der Waals surface area contributed by atoms with Gasteiger partial charge in [0.25, 0.3) is 6.43 Å². The van der Waals surface area contributed by atoms with Crippen molar-refractivity contribution >= 4 is 15.9 Å². The van der Waals surface area contributed by atoms with Gasteiger partial charge in [0.15, 0.2) is 11.4 Å². The molecule has 0 saturated heterocycles. The predicted octanol–water partition coefficient (Wildman–Crippen LogP) is 4.83. The van der Waals surface area contributed by atoms with E-state index in [9.17, 15) is 35.1 Å². The van der Waals surface area contributed by atoms with Crippen LogP contribution in [0.4, 0.5) is 35.1 Å². The third-order valence-electron chi connectivity index (χ3n) is 2.00. The van der Waals surface area contributed by atoms with Gasteiger partial charge in [-0.1, -0.05) is 15.9 Å². The smallest absolute Gasteiger partial charge is 0.403 e. The Labute approximate surface area is 114 Å². The zero-order valence-electron chi connectivity index (χ0n) is 9.12. The molecule has 2 nitrogen and oxygen atoms in total. The molecule has 0 saturated carbocycles. The van der Waals surface area contributed by atoms with Crippen LogP contribution in [0.5, 0.6) is 5.75 Å². The van der Waals surface area contributed by atoms with Crippen LogP contribution in [-0.2, 0) is 11.5 Å². The Balaban J connectivity index is 3.59. The van der Waals surface area contributed by atoms with Crippen LogP contribution >= 0.6 is 15.9 Å². The Morgan fingerprint density at radius 1 is 1.15 bits per heavy atom. The van der Waals surface area contributed by atoms with E-state index in [1.165, 1.54) is 0 Å². The van der Waals surface area contributed by atoms with Crippen LogP contribution in [0.2, 0.25) is 0 Å². The maximum Gasteiger partial charge on any atom is 0.573 e. The molecule has 0 fully saturated rings. The number of pyridine rings is 1. The standard InChI is InChI=1S/C9H4BrF8NO/c10-1-3-2-19-6(8(13,14)15)5(4(3)7(11)12)20-9(16,17)18/h2,7H,1H2. The second-order valence-electron chi connectivity index (χ2n) is 3.35. The summed E-state index contributed by atoms with van der Waals surface area (Å²) in [5.41, 5.74) is -4.19. The molecule has 1 aromatic heterocycles. The summed E-state index contributed by atoms with van der Waals surface area (Å²) in [6.45, 7) is 0. The highest BCUT2D eigenvalue weighted by Crippen LogP contribution is 2.43. The monoisotopic (exact) mass is 373 g/mol. The molecule has 114 valence electrons. The van der Waals surface area contributed by atoms with Gasteiger partial charge >= 0.3 is 12.5 Å². The second-order valence-corrected chi connectivity index (χ2v) is 3.92. The average Bonchev–Trinajstić information content (AvgIpc) is 2.23. The zero-order chi connectivity index (χ0) is 15.7. The fraction of sp³-hybridized carbons (Fsp3) is 0.444. The molecule has 0 aliphatic rings. The van der Waals surface area contributed by atoms with E-state index in [0.29, 0.717) is 6.20 Å². The van der Waals surface area contributed by atoms with Crippen LogP contribution in [0.1, 0.15) is 23.2 Å². The molecule has 0 aliphatic carbocycles. The quantitative estimate of drug-likeness (QED) is 0.559. The van der Waals surface area contributed by atoms with Crippen LogP contribution in [0.15, 0.2) is 6.20 Å². The summed E-state index contributed by atoms with van der Waals surface area (Å²) in [6.07, 6.45) is -14.1. The summed E-state index contributed by atoms with van der Waals surface area (Å²) < 4.78 is 103. The van der Waals surface area contributed by atoms with Crippen molar-refractivity contribution in [2.45, 2.75) is 24.3 Å². The van der Waals surface area contributed by atoms with Gasteiger partial charge in [0, 0.05) is 11.5 Å². The average molecular weight is 374 g/mol. The normalized spacial score (nSPS) is 12.9. The molecule has 0 spiro atoms. The maximum atomic E-state index is 12.8. The van der Waals surface area contributed by atoms with E-state index in [2.05, 4.69) is 25.7 Å². The molecule has 0 N–H and O–H groups in total. The Kier molecular flexibility index (Phi) is 4.82. The van der Waals surface area contributed by atoms with Gasteiger partial charge in [-0.25, -0.2) is 13.8 Å². The molecule has 0 radical (unpaired) electrons. The van der Waals surface area contributed by atoms with Gasteiger partial charge in [0.1, 0.15) is 0 Å². The number of aromatic nitrogens is 1. The number of hydrogen-bond acceptors (Lipinski definition) is 2. The number of hydrogen-bond donors (Lipinski definition) is 0. The lowest BCUT2D eigenvalue weighted by Crippen LogP contribution is -2.23. The molecular formula is C9H4BrF8NO. The van der Waals surface area contributed by atoms with Gasteiger partial charge < -0.3 is 4.74 Å². The minimum absolute atomic E-state index is 0.411. The Morgan fingerprint density at radius 3 is 2.05 bits per heavy atom. The highest BCUT2D eigenvalue weighted by atomic mass is 79.9. The van der Waals surface area contributed by atoms with Crippen LogP contribution in [-0.4, -0.2) is 11.3 Å². The van der Waals surface area contributed by atoms with Crippen molar-refractivity contribution < 1.29 is 39.9 Å². The lowest BCUT2D eigenvalue weighted by molar-refractivity contribution is -0.277. The van der Waals surface area contributed by atoms with Gasteiger partial charge in [-0.2, -0.15) is 13.2 Å². The third kappa shape index (κ3) is 3.93. The van der Waals surface area contributed by atoms with Crippen molar-refractivity contribution in [1.29, 1.82) is 0 Å². The molecule has 1 heterocycles. The number of rotatable bonds is 3. The van der Waals surface area contributed by atoms with Gasteiger partial charge in [-0.15, -0.1) is 13.2 Å². The van der Waals surface area contributed by atoms with E-state index in [4.69, 9.17) is 0 Å². The van der Waals surface area contributed by atoms with E-state index in [1.807, 2.05) is 0 Å². The van der Waals surface area contributed by atoms with Crippen molar-refractivity contribution in [2.24, 2.45) is 0 Å². The summed E-state index contributed by atoms with van der Waals surface area (Å²) in [4.78, 5) is 2.73. The molecule has 0 aliphatic heterocycles. The molecule has 0 unspecified atom stereocenters. The van der Waals surface area contributed by atoms with Crippen molar-refractivity contribution in [3.05, 3.63) is 23.0 Å². The number of nitrogens with zero attached hydrogens (tertiary/aromatic N) is 1. The SMILES string of the molecule is FC(F)c1c(CBr)cnc(C(F)(F)F)c1OC(F)(F)F.